The lowest BCUT2D eigenvalue weighted by Gasteiger charge is -2.31. The van der Waals surface area contributed by atoms with E-state index in [2.05, 4.69) is 5.32 Å². The molecule has 1 saturated heterocycles. The molecule has 1 aliphatic rings. The van der Waals surface area contributed by atoms with Gasteiger partial charge in [0, 0.05) is 18.8 Å². The van der Waals surface area contributed by atoms with Gasteiger partial charge >= 0.3 is 5.97 Å². The molecule has 29 heavy (non-hydrogen) atoms. The molecule has 1 N–H and O–H groups in total. The largest absolute Gasteiger partial charge is 0.462 e. The Balaban J connectivity index is 1.65. The Morgan fingerprint density at radius 1 is 1.10 bits per heavy atom. The lowest BCUT2D eigenvalue weighted by molar-refractivity contribution is -0.120. The average Bonchev–Trinajstić information content (AvgIpc) is 2.75. The van der Waals surface area contributed by atoms with Crippen molar-refractivity contribution in [1.29, 1.82) is 0 Å². The van der Waals surface area contributed by atoms with Gasteiger partial charge in [-0.1, -0.05) is 18.2 Å². The maximum Gasteiger partial charge on any atom is 0.338 e. The van der Waals surface area contributed by atoms with Crippen molar-refractivity contribution < 1.29 is 22.7 Å². The van der Waals surface area contributed by atoms with E-state index in [1.807, 2.05) is 0 Å². The molecule has 1 aliphatic heterocycles. The van der Waals surface area contributed by atoms with Crippen molar-refractivity contribution >= 4 is 27.6 Å². The van der Waals surface area contributed by atoms with Crippen LogP contribution in [0, 0.1) is 5.92 Å². The number of carbonyl (C=O) groups is 2. The summed E-state index contributed by atoms with van der Waals surface area (Å²) in [6.07, 6.45) is 1.24. The molecule has 1 atom stereocenters. The van der Waals surface area contributed by atoms with E-state index in [1.165, 1.54) is 4.31 Å². The zero-order valence-electron chi connectivity index (χ0n) is 16.2. The summed E-state index contributed by atoms with van der Waals surface area (Å²) in [7, 11) is -3.62. The molecule has 2 aromatic carbocycles. The molecular weight excluding hydrogens is 392 g/mol. The van der Waals surface area contributed by atoms with Crippen LogP contribution in [0.1, 0.15) is 30.1 Å². The molecule has 8 heteroatoms. The topological polar surface area (TPSA) is 92.8 Å². The second-order valence-electron chi connectivity index (χ2n) is 6.80. The fraction of sp³-hybridized carbons (Fsp3) is 0.333. The van der Waals surface area contributed by atoms with E-state index in [4.69, 9.17) is 4.74 Å². The standard InChI is InChI=1S/C21H24N2O5S/c1-2-28-21(25)16-10-12-18(13-11-16)22-20(24)17-7-6-14-23(15-17)29(26,27)19-8-4-3-5-9-19/h3-5,8-13,17H,2,6-7,14-15H2,1H3,(H,22,24)/t17-/m1/s1. The zero-order valence-corrected chi connectivity index (χ0v) is 17.0. The second-order valence-corrected chi connectivity index (χ2v) is 8.74. The summed E-state index contributed by atoms with van der Waals surface area (Å²) in [6, 6.07) is 14.7. The first kappa shape index (κ1) is 21.0. The number of anilines is 1. The molecule has 0 saturated carbocycles. The SMILES string of the molecule is CCOC(=O)c1ccc(NC(=O)[C@@H]2CCCN(S(=O)(=O)c3ccccc3)C2)cc1. The van der Waals surface area contributed by atoms with Gasteiger partial charge in [0.25, 0.3) is 0 Å². The minimum atomic E-state index is -3.62. The number of hydrogen-bond donors (Lipinski definition) is 1. The summed E-state index contributed by atoms with van der Waals surface area (Å²) in [5, 5.41) is 2.81. The van der Waals surface area contributed by atoms with Gasteiger partial charge in [-0.15, -0.1) is 0 Å². The number of benzene rings is 2. The van der Waals surface area contributed by atoms with Gasteiger partial charge in [-0.2, -0.15) is 4.31 Å². The summed E-state index contributed by atoms with van der Waals surface area (Å²) in [5.41, 5.74) is 0.953. The fourth-order valence-corrected chi connectivity index (χ4v) is 4.81. The quantitative estimate of drug-likeness (QED) is 0.731. The minimum Gasteiger partial charge on any atom is -0.462 e. The van der Waals surface area contributed by atoms with Gasteiger partial charge in [-0.25, -0.2) is 13.2 Å². The van der Waals surface area contributed by atoms with Gasteiger partial charge in [0.2, 0.25) is 15.9 Å². The van der Waals surface area contributed by atoms with E-state index in [-0.39, 0.29) is 17.3 Å². The van der Waals surface area contributed by atoms with Crippen LogP contribution in [-0.2, 0) is 19.6 Å². The van der Waals surface area contributed by atoms with Crippen molar-refractivity contribution in [3.8, 4) is 0 Å². The summed E-state index contributed by atoms with van der Waals surface area (Å²) < 4.78 is 31.9. The third kappa shape index (κ3) is 5.02. The number of ether oxygens (including phenoxy) is 1. The van der Waals surface area contributed by atoms with Gasteiger partial charge in [0.1, 0.15) is 0 Å². The molecule has 0 bridgehead atoms. The first-order chi connectivity index (χ1) is 13.9. The van der Waals surface area contributed by atoms with Crippen LogP contribution in [0.2, 0.25) is 0 Å². The predicted octanol–water partition coefficient (Wildman–Crippen LogP) is 2.90. The number of amides is 1. The zero-order chi connectivity index (χ0) is 20.9. The highest BCUT2D eigenvalue weighted by atomic mass is 32.2. The Labute approximate surface area is 170 Å². The Hall–Kier alpha value is -2.71. The van der Waals surface area contributed by atoms with E-state index in [9.17, 15) is 18.0 Å². The number of hydrogen-bond acceptors (Lipinski definition) is 5. The second kappa shape index (κ2) is 9.19. The van der Waals surface area contributed by atoms with E-state index >= 15 is 0 Å². The molecule has 1 fully saturated rings. The summed E-state index contributed by atoms with van der Waals surface area (Å²) in [6.45, 7) is 2.57. The van der Waals surface area contributed by atoms with Gasteiger partial charge in [-0.05, 0) is 56.2 Å². The summed E-state index contributed by atoms with van der Waals surface area (Å²) in [4.78, 5) is 24.6. The first-order valence-electron chi connectivity index (χ1n) is 9.55. The summed E-state index contributed by atoms with van der Waals surface area (Å²) in [5.74, 6) is -1.09. The van der Waals surface area contributed by atoms with Crippen LogP contribution >= 0.6 is 0 Å². The number of carbonyl (C=O) groups excluding carboxylic acids is 2. The molecule has 1 heterocycles. The highest BCUT2D eigenvalue weighted by molar-refractivity contribution is 7.89. The molecule has 0 unspecified atom stereocenters. The molecule has 7 nitrogen and oxygen atoms in total. The maximum atomic E-state index is 12.8. The average molecular weight is 416 g/mol. The third-order valence-electron chi connectivity index (χ3n) is 4.80. The smallest absolute Gasteiger partial charge is 0.338 e. The molecular formula is C21H24N2O5S. The van der Waals surface area contributed by atoms with E-state index in [0.29, 0.717) is 37.2 Å². The van der Waals surface area contributed by atoms with Crippen LogP contribution in [0.25, 0.3) is 0 Å². The molecule has 1 amide bonds. The van der Waals surface area contributed by atoms with E-state index < -0.39 is 21.9 Å². The maximum absolute atomic E-state index is 12.8. The monoisotopic (exact) mass is 416 g/mol. The lowest BCUT2D eigenvalue weighted by Crippen LogP contribution is -2.43. The van der Waals surface area contributed by atoms with Gasteiger partial charge in [0.05, 0.1) is 23.0 Å². The first-order valence-corrected chi connectivity index (χ1v) is 11.0. The Kier molecular flexibility index (Phi) is 6.66. The number of piperidine rings is 1. The molecule has 3 rings (SSSR count). The molecule has 0 aliphatic carbocycles. The van der Waals surface area contributed by atoms with Crippen LogP contribution in [0.3, 0.4) is 0 Å². The predicted molar refractivity (Wildman–Crippen MR) is 109 cm³/mol. The van der Waals surface area contributed by atoms with Gasteiger partial charge < -0.3 is 10.1 Å². The number of nitrogens with one attached hydrogen (secondary N) is 1. The van der Waals surface area contributed by atoms with Gasteiger partial charge in [0.15, 0.2) is 0 Å². The number of sulfonamides is 1. The molecule has 0 spiro atoms. The summed E-state index contributed by atoms with van der Waals surface area (Å²) >= 11 is 0. The highest BCUT2D eigenvalue weighted by Gasteiger charge is 2.33. The lowest BCUT2D eigenvalue weighted by atomic mass is 9.98. The third-order valence-corrected chi connectivity index (χ3v) is 6.68. The van der Waals surface area contributed by atoms with Crippen molar-refractivity contribution in [2.75, 3.05) is 25.0 Å². The van der Waals surface area contributed by atoms with Crippen LogP contribution in [0.5, 0.6) is 0 Å². The number of nitrogens with zero attached hydrogens (tertiary/aromatic N) is 1. The van der Waals surface area contributed by atoms with Crippen LogP contribution in [0.15, 0.2) is 59.5 Å². The minimum absolute atomic E-state index is 0.143. The molecule has 0 aromatic heterocycles. The number of esters is 1. The van der Waals surface area contributed by atoms with Crippen molar-refractivity contribution in [2.45, 2.75) is 24.7 Å². The van der Waals surface area contributed by atoms with E-state index in [1.54, 1.807) is 61.5 Å². The van der Waals surface area contributed by atoms with Crippen LogP contribution in [0.4, 0.5) is 5.69 Å². The normalized spacial score (nSPS) is 17.5. The van der Waals surface area contributed by atoms with Crippen LogP contribution < -0.4 is 5.32 Å². The fourth-order valence-electron chi connectivity index (χ4n) is 3.26. The molecule has 154 valence electrons. The van der Waals surface area contributed by atoms with Crippen LogP contribution in [-0.4, -0.2) is 44.3 Å². The molecule has 0 radical (unpaired) electrons. The number of rotatable bonds is 6. The highest BCUT2D eigenvalue weighted by Crippen LogP contribution is 2.25. The Bertz CT molecular complexity index is 958. The van der Waals surface area contributed by atoms with Gasteiger partial charge in [-0.3, -0.25) is 4.79 Å². The van der Waals surface area contributed by atoms with Crippen molar-refractivity contribution in [3.63, 3.8) is 0 Å². The van der Waals surface area contributed by atoms with Crippen molar-refractivity contribution in [3.05, 3.63) is 60.2 Å². The van der Waals surface area contributed by atoms with E-state index in [0.717, 1.165) is 0 Å². The Morgan fingerprint density at radius 2 is 1.79 bits per heavy atom. The van der Waals surface area contributed by atoms with Crippen molar-refractivity contribution in [2.24, 2.45) is 5.92 Å². The van der Waals surface area contributed by atoms with Crippen molar-refractivity contribution in [1.82, 2.24) is 4.31 Å². The Morgan fingerprint density at radius 3 is 2.45 bits per heavy atom. The molecule has 2 aromatic rings.